The molecule has 10 aromatic carbocycles. The summed E-state index contributed by atoms with van der Waals surface area (Å²) in [5.41, 5.74) is 17.8. The standard InChI is InChI=1S/C23H20N2.C20H14N2O.C16H12N2O.C16H12N2S.4Ir/c1-23(2)19-9-5-4-8-17(19)18-13-12-16(14-20(18)23)25-15-24(3)21-10-6-7-11-22(21)25;1-21-13-22(17-10-4-3-9-16(17)21)18-11-6-8-15-14-7-2-5-12-19(14)23-20(15)18;2*1-17-9-10-18(11-17)14-7-4-6-13-12-5-2-3-8-15(12)19-16(13)14;;;;/h4-11,13-15H,1-3H3;2-10,12-13H,1H3;2*2-6,8-11H,1H3;;;;/q4*-2;;;;. The minimum Gasteiger partial charge on any atom is -0.514 e. The van der Waals surface area contributed by atoms with Crippen LogP contribution in [0.4, 0.5) is 45.5 Å². The molecule has 0 saturated carbocycles. The number of benzene rings is 10. The van der Waals surface area contributed by atoms with Gasteiger partial charge in [-0.05, 0) is 112 Å². The van der Waals surface area contributed by atoms with E-state index in [-0.39, 0.29) is 85.8 Å². The molecule has 4 radical (unpaired) electrons. The van der Waals surface area contributed by atoms with Gasteiger partial charge in [-0.1, -0.05) is 155 Å². The molecule has 3 aromatic heterocycles. The first kappa shape index (κ1) is 64.0. The van der Waals surface area contributed by atoms with E-state index >= 15 is 0 Å². The topological polar surface area (TPSA) is 52.2 Å². The minimum absolute atomic E-state index is 0. The number of furan rings is 2. The summed E-state index contributed by atoms with van der Waals surface area (Å²) in [5.74, 6) is 0. The minimum atomic E-state index is 0. The zero-order valence-electron chi connectivity index (χ0n) is 49.7. The summed E-state index contributed by atoms with van der Waals surface area (Å²) >= 11 is 1.83. The van der Waals surface area contributed by atoms with Gasteiger partial charge in [0.2, 0.25) is 0 Å². The number of thiophene rings is 1. The van der Waals surface area contributed by atoms with Gasteiger partial charge in [0.25, 0.3) is 0 Å². The van der Waals surface area contributed by atoms with E-state index in [1.807, 2.05) is 126 Å². The Morgan fingerprint density at radius 3 is 1.50 bits per heavy atom. The molecule has 7 heterocycles. The van der Waals surface area contributed by atoms with E-state index in [9.17, 15) is 0 Å². The van der Waals surface area contributed by atoms with Crippen LogP contribution in [0.1, 0.15) is 25.0 Å². The normalized spacial score (nSPS) is 14.5. The van der Waals surface area contributed by atoms with E-state index in [1.165, 1.54) is 59.5 Å². The first-order valence-corrected chi connectivity index (χ1v) is 29.5. The summed E-state index contributed by atoms with van der Waals surface area (Å²) < 4.78 is 14.7. The molecule has 0 unspecified atom stereocenters. The number of hydrogen-bond donors (Lipinski definition) is 0. The van der Waals surface area contributed by atoms with Crippen LogP contribution in [-0.4, -0.2) is 38.0 Å². The Morgan fingerprint density at radius 2 is 0.889 bits per heavy atom. The average Bonchev–Trinajstić information content (AvgIpc) is 1.67. The zero-order valence-corrected chi connectivity index (χ0v) is 60.1. The monoisotopic (exact) mass is 1910 g/mol. The van der Waals surface area contributed by atoms with Crippen molar-refractivity contribution in [1.29, 1.82) is 0 Å². The quantitative estimate of drug-likeness (QED) is 0.159. The Bertz CT molecular complexity index is 4690. The van der Waals surface area contributed by atoms with Gasteiger partial charge < -0.3 is 48.0 Å². The van der Waals surface area contributed by atoms with Gasteiger partial charge in [0.15, 0.2) is 0 Å². The molecule has 13 aromatic rings. The van der Waals surface area contributed by atoms with Crippen LogP contribution >= 0.6 is 11.3 Å². The number of para-hydroxylation sites is 6. The molecule has 0 spiro atoms. The smallest absolute Gasteiger partial charge is 0.116 e. The third-order valence-corrected chi connectivity index (χ3v) is 17.8. The molecule has 90 heavy (non-hydrogen) atoms. The molecule has 0 atom stereocenters. The fourth-order valence-corrected chi connectivity index (χ4v) is 13.6. The Hall–Kier alpha value is -7.50. The Kier molecular flexibility index (Phi) is 18.8. The fourth-order valence-electron chi connectivity index (χ4n) is 12.4. The predicted molar refractivity (Wildman–Crippen MR) is 356 cm³/mol. The zero-order chi connectivity index (χ0) is 58.2. The van der Waals surface area contributed by atoms with Crippen molar-refractivity contribution in [2.75, 3.05) is 57.6 Å². The van der Waals surface area contributed by atoms with Gasteiger partial charge in [-0.25, -0.2) is 11.3 Å². The summed E-state index contributed by atoms with van der Waals surface area (Å²) in [6, 6.07) is 80.5. The first-order chi connectivity index (χ1) is 42.1. The SMILES string of the molecule is CN1C=CN(c2[c-]ccc3c2oc2ccccc23)[CH-]1.CN1C=CN(c2[c-]ccc3c2sc2ccccc23)[CH-]1.CN1[CH-]N(c2[c-]cc3c(c2)C(C)(C)c2ccccc2-3)c2ccccc21.CN1[CH-]N(c2[c-]ccc3c2oc2ccccc23)c2ccccc21.[Ir].[Ir].[Ir].[Ir]. The molecule has 18 rings (SSSR count). The van der Waals surface area contributed by atoms with E-state index in [2.05, 4.69) is 236 Å². The van der Waals surface area contributed by atoms with Crippen LogP contribution in [0.3, 0.4) is 0 Å². The fraction of sp³-hybridized carbons (Fsp3) is 0.0933. The third kappa shape index (κ3) is 11.4. The Morgan fingerprint density at radius 1 is 0.411 bits per heavy atom. The van der Waals surface area contributed by atoms with Crippen LogP contribution in [0.2, 0.25) is 0 Å². The van der Waals surface area contributed by atoms with Crippen molar-refractivity contribution >= 4 is 121 Å². The molecule has 4 aliphatic heterocycles. The maximum Gasteiger partial charge on any atom is 0.116 e. The van der Waals surface area contributed by atoms with Crippen molar-refractivity contribution in [2.24, 2.45) is 0 Å². The van der Waals surface area contributed by atoms with Crippen molar-refractivity contribution in [3.05, 3.63) is 281 Å². The summed E-state index contributed by atoms with van der Waals surface area (Å²) in [4.78, 5) is 16.8. The van der Waals surface area contributed by atoms with Crippen LogP contribution in [-0.2, 0) is 85.8 Å². The second-order valence-corrected chi connectivity index (χ2v) is 23.5. The second kappa shape index (κ2) is 26.4. The summed E-state index contributed by atoms with van der Waals surface area (Å²) in [6.07, 6.45) is 8.10. The van der Waals surface area contributed by atoms with E-state index in [0.29, 0.717) is 0 Å². The van der Waals surface area contributed by atoms with Crippen LogP contribution in [0.5, 0.6) is 0 Å². The van der Waals surface area contributed by atoms with Gasteiger partial charge in [0, 0.05) is 130 Å². The van der Waals surface area contributed by atoms with Gasteiger partial charge in [-0.15, -0.1) is 28.3 Å². The Balaban J connectivity index is 0.000000122. The molecule has 0 saturated heterocycles. The maximum atomic E-state index is 6.13. The number of rotatable bonds is 4. The first-order valence-electron chi connectivity index (χ1n) is 28.7. The average molecular weight is 1900 g/mol. The molecule has 460 valence electrons. The summed E-state index contributed by atoms with van der Waals surface area (Å²) in [6.45, 7) is 12.9. The maximum absolute atomic E-state index is 6.13. The molecular weight excluding hydrogens is 1850 g/mol. The van der Waals surface area contributed by atoms with Crippen LogP contribution in [0, 0.1) is 50.9 Å². The molecule has 0 fully saturated rings. The van der Waals surface area contributed by atoms with Crippen molar-refractivity contribution in [2.45, 2.75) is 19.3 Å². The van der Waals surface area contributed by atoms with Gasteiger partial charge in [0.1, 0.15) is 11.2 Å². The molecule has 0 amide bonds. The van der Waals surface area contributed by atoms with Crippen molar-refractivity contribution in [3.8, 4) is 11.1 Å². The molecule has 5 aliphatic rings. The second-order valence-electron chi connectivity index (χ2n) is 22.5. The third-order valence-electron chi connectivity index (χ3n) is 16.6. The number of nitrogens with zero attached hydrogens (tertiary/aromatic N) is 8. The van der Waals surface area contributed by atoms with Crippen molar-refractivity contribution in [1.82, 2.24) is 9.80 Å². The van der Waals surface area contributed by atoms with Gasteiger partial charge in [-0.3, -0.25) is 0 Å². The van der Waals surface area contributed by atoms with Gasteiger partial charge in [-0.2, -0.15) is 93.4 Å². The molecule has 0 bridgehead atoms. The van der Waals surface area contributed by atoms with E-state index < -0.39 is 0 Å². The predicted octanol–water partition coefficient (Wildman–Crippen LogP) is 18.5. The molecule has 15 heteroatoms. The largest absolute Gasteiger partial charge is 0.514 e. The summed E-state index contributed by atoms with van der Waals surface area (Å²) in [7, 11) is 8.17. The van der Waals surface area contributed by atoms with Crippen LogP contribution in [0.15, 0.2) is 228 Å². The molecule has 1 aliphatic carbocycles. The van der Waals surface area contributed by atoms with E-state index in [0.717, 1.165) is 72.3 Å². The number of hydrogen-bond acceptors (Lipinski definition) is 11. The Labute approximate surface area is 583 Å². The van der Waals surface area contributed by atoms with Crippen molar-refractivity contribution < 1.29 is 89.3 Å². The summed E-state index contributed by atoms with van der Waals surface area (Å²) in [5, 5.41) is 7.17. The molecule has 10 nitrogen and oxygen atoms in total. The van der Waals surface area contributed by atoms with Crippen LogP contribution < -0.4 is 29.4 Å². The van der Waals surface area contributed by atoms with Gasteiger partial charge >= 0.3 is 0 Å². The molecular formula is C75H58Ir4N8O2S-8. The molecule has 0 N–H and O–H groups in total. The van der Waals surface area contributed by atoms with Gasteiger partial charge in [0.05, 0.1) is 0 Å². The number of fused-ring (bicyclic) bond motifs is 14. The van der Waals surface area contributed by atoms with Crippen molar-refractivity contribution in [3.63, 3.8) is 0 Å². The van der Waals surface area contributed by atoms with E-state index in [4.69, 9.17) is 8.83 Å². The number of anilines is 8. The van der Waals surface area contributed by atoms with E-state index in [1.54, 1.807) is 0 Å². The van der Waals surface area contributed by atoms with Crippen LogP contribution in [0.25, 0.3) is 75.2 Å².